The highest BCUT2D eigenvalue weighted by Gasteiger charge is 2.61. The van der Waals surface area contributed by atoms with Gasteiger partial charge in [0.2, 0.25) is 0 Å². The standard InChI is InChI=1S/C26H40N2O2/c1-15-21(16(2)28(5)27-15)12-17-13-23-20-7-6-18-14-19(29)8-10-25(18,3)22(20)9-11-26(23,4)24(17)30/h12,18-20,22-24,29-30H,6-11,13-14H2,1-5H3/b17-12-. The van der Waals surface area contributed by atoms with E-state index >= 15 is 0 Å². The lowest BCUT2D eigenvalue weighted by Gasteiger charge is -2.60. The van der Waals surface area contributed by atoms with Crippen LogP contribution < -0.4 is 0 Å². The Bertz CT molecular complexity index is 873. The summed E-state index contributed by atoms with van der Waals surface area (Å²) in [5, 5.41) is 26.3. The molecule has 0 aliphatic heterocycles. The lowest BCUT2D eigenvalue weighted by Crippen LogP contribution is -2.54. The van der Waals surface area contributed by atoms with Gasteiger partial charge in [-0.2, -0.15) is 5.10 Å². The molecule has 5 rings (SSSR count). The van der Waals surface area contributed by atoms with Crippen molar-refractivity contribution in [2.75, 3.05) is 0 Å². The van der Waals surface area contributed by atoms with Crippen molar-refractivity contribution in [2.45, 2.75) is 91.3 Å². The van der Waals surface area contributed by atoms with Crippen molar-refractivity contribution in [3.63, 3.8) is 0 Å². The van der Waals surface area contributed by atoms with Gasteiger partial charge in [-0.1, -0.05) is 13.8 Å². The van der Waals surface area contributed by atoms with Crippen molar-refractivity contribution in [1.29, 1.82) is 0 Å². The van der Waals surface area contributed by atoms with Crippen LogP contribution in [0, 0.1) is 48.3 Å². The molecule has 4 heteroatoms. The monoisotopic (exact) mass is 412 g/mol. The average Bonchev–Trinajstić information content (AvgIpc) is 3.10. The van der Waals surface area contributed by atoms with Gasteiger partial charge in [0.05, 0.1) is 17.9 Å². The van der Waals surface area contributed by atoms with E-state index in [-0.39, 0.29) is 17.6 Å². The molecule has 166 valence electrons. The van der Waals surface area contributed by atoms with E-state index < -0.39 is 0 Å². The van der Waals surface area contributed by atoms with E-state index in [0.717, 1.165) is 43.2 Å². The first kappa shape index (κ1) is 20.8. The molecule has 4 aliphatic carbocycles. The third-order valence-corrected chi connectivity index (χ3v) is 10.4. The number of aliphatic hydroxyl groups is 2. The number of hydrogen-bond donors (Lipinski definition) is 2. The Labute approximate surface area is 181 Å². The smallest absolute Gasteiger partial charge is 0.0809 e. The Morgan fingerprint density at radius 3 is 2.43 bits per heavy atom. The van der Waals surface area contributed by atoms with E-state index in [1.165, 1.54) is 42.5 Å². The van der Waals surface area contributed by atoms with Crippen LogP contribution in [0.3, 0.4) is 0 Å². The van der Waals surface area contributed by atoms with Crippen LogP contribution in [0.25, 0.3) is 6.08 Å². The Hall–Kier alpha value is -1.13. The average molecular weight is 413 g/mol. The van der Waals surface area contributed by atoms with Crippen LogP contribution in [0.1, 0.15) is 82.2 Å². The summed E-state index contributed by atoms with van der Waals surface area (Å²) in [5.74, 6) is 2.75. The fourth-order valence-corrected chi connectivity index (χ4v) is 8.42. The van der Waals surface area contributed by atoms with Gasteiger partial charge in [0.1, 0.15) is 0 Å². The molecule has 0 saturated heterocycles. The first-order chi connectivity index (χ1) is 14.1. The summed E-state index contributed by atoms with van der Waals surface area (Å²) in [6, 6.07) is 0. The SMILES string of the molecule is Cc1nn(C)c(C)c1/C=C1/CC2C3CCC4CC(O)CCC4(C)C3CCC2(C)C1O. The predicted octanol–water partition coefficient (Wildman–Crippen LogP) is 4.79. The maximum atomic E-state index is 11.5. The normalized spacial score (nSPS) is 47.1. The maximum Gasteiger partial charge on any atom is 0.0809 e. The Kier molecular flexibility index (Phi) is 4.80. The number of aromatic nitrogens is 2. The van der Waals surface area contributed by atoms with Crippen molar-refractivity contribution in [1.82, 2.24) is 9.78 Å². The predicted molar refractivity (Wildman–Crippen MR) is 120 cm³/mol. The van der Waals surface area contributed by atoms with Crippen LogP contribution in [-0.2, 0) is 7.05 Å². The number of fused-ring (bicyclic) bond motifs is 5. The van der Waals surface area contributed by atoms with Gasteiger partial charge in [0.25, 0.3) is 0 Å². The van der Waals surface area contributed by atoms with Crippen LogP contribution in [0.15, 0.2) is 5.57 Å². The number of nitrogens with zero attached hydrogens (tertiary/aromatic N) is 2. The van der Waals surface area contributed by atoms with Gasteiger partial charge in [0, 0.05) is 23.7 Å². The molecule has 8 unspecified atom stereocenters. The van der Waals surface area contributed by atoms with Crippen molar-refractivity contribution in [3.8, 4) is 0 Å². The number of rotatable bonds is 1. The summed E-state index contributed by atoms with van der Waals surface area (Å²) in [6.07, 6.45) is 11.0. The molecular formula is C26H40N2O2. The van der Waals surface area contributed by atoms with E-state index in [9.17, 15) is 10.2 Å². The minimum Gasteiger partial charge on any atom is -0.393 e. The largest absolute Gasteiger partial charge is 0.393 e. The van der Waals surface area contributed by atoms with Crippen LogP contribution in [0.2, 0.25) is 0 Å². The zero-order valence-corrected chi connectivity index (χ0v) is 19.5. The molecule has 0 radical (unpaired) electrons. The molecule has 1 heterocycles. The highest BCUT2D eigenvalue weighted by atomic mass is 16.3. The first-order valence-corrected chi connectivity index (χ1v) is 12.2. The van der Waals surface area contributed by atoms with Gasteiger partial charge >= 0.3 is 0 Å². The van der Waals surface area contributed by atoms with Crippen LogP contribution >= 0.6 is 0 Å². The van der Waals surface area contributed by atoms with E-state index in [1.807, 2.05) is 11.7 Å². The molecule has 4 nitrogen and oxygen atoms in total. The van der Waals surface area contributed by atoms with E-state index in [4.69, 9.17) is 0 Å². The molecule has 4 aliphatic rings. The molecule has 30 heavy (non-hydrogen) atoms. The Morgan fingerprint density at radius 2 is 1.73 bits per heavy atom. The summed E-state index contributed by atoms with van der Waals surface area (Å²) >= 11 is 0. The molecule has 1 aromatic rings. The fourth-order valence-electron chi connectivity index (χ4n) is 8.42. The minimum atomic E-state index is -0.332. The zero-order chi connectivity index (χ0) is 21.4. The molecule has 0 spiro atoms. The molecule has 0 aromatic carbocycles. The van der Waals surface area contributed by atoms with Gasteiger partial charge < -0.3 is 10.2 Å². The third-order valence-electron chi connectivity index (χ3n) is 10.4. The minimum absolute atomic E-state index is 0.00833. The maximum absolute atomic E-state index is 11.5. The van der Waals surface area contributed by atoms with Crippen LogP contribution in [0.5, 0.6) is 0 Å². The number of hydrogen-bond acceptors (Lipinski definition) is 3. The van der Waals surface area contributed by atoms with Crippen molar-refractivity contribution >= 4 is 6.08 Å². The molecule has 8 atom stereocenters. The lowest BCUT2D eigenvalue weighted by molar-refractivity contribution is -0.133. The second-order valence-corrected chi connectivity index (χ2v) is 11.7. The second kappa shape index (κ2) is 6.93. The fraction of sp³-hybridized carbons (Fsp3) is 0.808. The Balaban J connectivity index is 1.46. The topological polar surface area (TPSA) is 58.3 Å². The summed E-state index contributed by atoms with van der Waals surface area (Å²) in [7, 11) is 2.00. The van der Waals surface area contributed by atoms with Crippen molar-refractivity contribution in [3.05, 3.63) is 22.5 Å². The highest BCUT2D eigenvalue weighted by Crippen LogP contribution is 2.67. The molecule has 4 saturated carbocycles. The van der Waals surface area contributed by atoms with Crippen LogP contribution in [-0.4, -0.2) is 32.2 Å². The second-order valence-electron chi connectivity index (χ2n) is 11.7. The summed E-state index contributed by atoms with van der Waals surface area (Å²) < 4.78 is 1.95. The van der Waals surface area contributed by atoms with Gasteiger partial charge in [0.15, 0.2) is 0 Å². The van der Waals surface area contributed by atoms with E-state index in [0.29, 0.717) is 17.3 Å². The highest BCUT2D eigenvalue weighted by molar-refractivity contribution is 5.59. The summed E-state index contributed by atoms with van der Waals surface area (Å²) in [6.45, 7) is 9.10. The van der Waals surface area contributed by atoms with E-state index in [1.54, 1.807) is 0 Å². The van der Waals surface area contributed by atoms with Crippen molar-refractivity contribution < 1.29 is 10.2 Å². The van der Waals surface area contributed by atoms with Crippen LogP contribution in [0.4, 0.5) is 0 Å². The van der Waals surface area contributed by atoms with Crippen molar-refractivity contribution in [2.24, 2.45) is 41.5 Å². The third kappa shape index (κ3) is 2.82. The lowest BCUT2D eigenvalue weighted by atomic mass is 9.45. The summed E-state index contributed by atoms with van der Waals surface area (Å²) in [5.41, 5.74) is 5.06. The molecular weight excluding hydrogens is 372 g/mol. The number of aryl methyl sites for hydroxylation is 2. The Morgan fingerprint density at radius 1 is 1.00 bits per heavy atom. The summed E-state index contributed by atoms with van der Waals surface area (Å²) in [4.78, 5) is 0. The molecule has 0 bridgehead atoms. The van der Waals surface area contributed by atoms with Gasteiger partial charge in [-0.3, -0.25) is 4.68 Å². The zero-order valence-electron chi connectivity index (χ0n) is 19.5. The first-order valence-electron chi connectivity index (χ1n) is 12.2. The molecule has 4 fully saturated rings. The number of aliphatic hydroxyl groups excluding tert-OH is 2. The van der Waals surface area contributed by atoms with Gasteiger partial charge in [-0.15, -0.1) is 0 Å². The van der Waals surface area contributed by atoms with E-state index in [2.05, 4.69) is 38.9 Å². The van der Waals surface area contributed by atoms with Gasteiger partial charge in [-0.05, 0) is 106 Å². The molecule has 1 aromatic heterocycles. The quantitative estimate of drug-likeness (QED) is 0.697. The molecule has 0 amide bonds. The molecule has 2 N–H and O–H groups in total. The van der Waals surface area contributed by atoms with Gasteiger partial charge in [-0.25, -0.2) is 0 Å².